The smallest absolute Gasteiger partial charge is 0.234 e. The van der Waals surface area contributed by atoms with Gasteiger partial charge in [0.05, 0.1) is 5.75 Å². The molecule has 0 aliphatic carbocycles. The molecule has 2 aromatic rings. The first-order chi connectivity index (χ1) is 12.5. The van der Waals surface area contributed by atoms with Crippen LogP contribution in [0.15, 0.2) is 35.6 Å². The van der Waals surface area contributed by atoms with Gasteiger partial charge in [-0.2, -0.15) is 0 Å². The number of nitrogens with one attached hydrogen (secondary N) is 1. The van der Waals surface area contributed by atoms with Crippen molar-refractivity contribution in [1.82, 2.24) is 9.97 Å². The quantitative estimate of drug-likeness (QED) is 0.631. The van der Waals surface area contributed by atoms with Crippen molar-refractivity contribution in [3.63, 3.8) is 0 Å². The number of hydrogen-bond acceptors (Lipinski definition) is 5. The lowest BCUT2D eigenvalue weighted by Gasteiger charge is -2.34. The average Bonchev–Trinajstić information content (AvgIpc) is 2.60. The maximum atomic E-state index is 12.3. The van der Waals surface area contributed by atoms with E-state index in [1.165, 1.54) is 31.0 Å². The van der Waals surface area contributed by atoms with Crippen molar-refractivity contribution in [2.24, 2.45) is 0 Å². The zero-order valence-corrected chi connectivity index (χ0v) is 16.5. The molecule has 1 aromatic heterocycles. The molecule has 1 amide bonds. The molecular formula is C20H26N4OS. The van der Waals surface area contributed by atoms with Crippen molar-refractivity contribution in [3.8, 4) is 0 Å². The van der Waals surface area contributed by atoms with Crippen LogP contribution < -0.4 is 10.2 Å². The summed E-state index contributed by atoms with van der Waals surface area (Å²) in [5.41, 5.74) is 3.13. The molecule has 0 radical (unpaired) electrons. The van der Waals surface area contributed by atoms with Crippen LogP contribution in [0.4, 0.5) is 11.5 Å². The van der Waals surface area contributed by atoms with E-state index in [1.54, 1.807) is 6.33 Å². The molecule has 1 aliphatic rings. The van der Waals surface area contributed by atoms with Crippen LogP contribution in [0.3, 0.4) is 0 Å². The minimum atomic E-state index is -0.0218. The molecule has 2 heterocycles. The number of thioether (sulfide) groups is 1. The summed E-state index contributed by atoms with van der Waals surface area (Å²) in [5.74, 6) is 1.27. The molecule has 3 rings (SSSR count). The summed E-state index contributed by atoms with van der Waals surface area (Å²) in [5, 5.41) is 3.80. The summed E-state index contributed by atoms with van der Waals surface area (Å²) in [4.78, 5) is 23.3. The van der Waals surface area contributed by atoms with E-state index in [4.69, 9.17) is 0 Å². The van der Waals surface area contributed by atoms with E-state index in [1.807, 2.05) is 32.0 Å². The van der Waals surface area contributed by atoms with Crippen molar-refractivity contribution in [2.45, 2.75) is 51.1 Å². The van der Waals surface area contributed by atoms with Gasteiger partial charge in [0.25, 0.3) is 0 Å². The molecule has 5 nitrogen and oxygen atoms in total. The number of nitrogens with zero attached hydrogens (tertiary/aromatic N) is 3. The molecule has 1 atom stereocenters. The van der Waals surface area contributed by atoms with Crippen LogP contribution in [0, 0.1) is 13.8 Å². The van der Waals surface area contributed by atoms with E-state index >= 15 is 0 Å². The fraction of sp³-hybridized carbons (Fsp3) is 0.450. The molecule has 0 bridgehead atoms. The maximum Gasteiger partial charge on any atom is 0.234 e. The second-order valence-corrected chi connectivity index (χ2v) is 7.96. The van der Waals surface area contributed by atoms with Crippen LogP contribution >= 0.6 is 11.8 Å². The molecule has 26 heavy (non-hydrogen) atoms. The summed E-state index contributed by atoms with van der Waals surface area (Å²) in [6, 6.07) is 8.56. The van der Waals surface area contributed by atoms with Gasteiger partial charge in [0.1, 0.15) is 17.2 Å². The first-order valence-corrected chi connectivity index (χ1v) is 10.1. The van der Waals surface area contributed by atoms with E-state index < -0.39 is 0 Å². The molecule has 1 fully saturated rings. The number of amides is 1. The number of benzene rings is 1. The fourth-order valence-electron chi connectivity index (χ4n) is 3.39. The summed E-state index contributed by atoms with van der Waals surface area (Å²) >= 11 is 1.45. The number of piperidine rings is 1. The lowest BCUT2D eigenvalue weighted by atomic mass is 10.0. The second-order valence-electron chi connectivity index (χ2n) is 6.97. The minimum Gasteiger partial charge on any atom is -0.354 e. The van der Waals surface area contributed by atoms with Gasteiger partial charge < -0.3 is 10.2 Å². The third-order valence-corrected chi connectivity index (χ3v) is 5.51. The average molecular weight is 371 g/mol. The Balaban J connectivity index is 1.59. The number of anilines is 2. The van der Waals surface area contributed by atoms with Crippen molar-refractivity contribution >= 4 is 29.2 Å². The van der Waals surface area contributed by atoms with E-state index in [0.717, 1.165) is 34.2 Å². The summed E-state index contributed by atoms with van der Waals surface area (Å²) < 4.78 is 0. The highest BCUT2D eigenvalue weighted by atomic mass is 32.2. The number of hydrogen-bond donors (Lipinski definition) is 1. The Morgan fingerprint density at radius 2 is 1.96 bits per heavy atom. The van der Waals surface area contributed by atoms with Crippen LogP contribution in [-0.2, 0) is 4.79 Å². The molecule has 6 heteroatoms. The first kappa shape index (κ1) is 18.7. The van der Waals surface area contributed by atoms with Crippen LogP contribution in [0.1, 0.15) is 37.3 Å². The van der Waals surface area contributed by atoms with Gasteiger partial charge in [0.2, 0.25) is 5.91 Å². The lowest BCUT2D eigenvalue weighted by Crippen LogP contribution is -2.38. The maximum absolute atomic E-state index is 12.3. The molecule has 1 saturated heterocycles. The summed E-state index contributed by atoms with van der Waals surface area (Å²) in [7, 11) is 0. The number of carbonyl (C=O) groups is 1. The highest BCUT2D eigenvalue weighted by molar-refractivity contribution is 7.99. The topological polar surface area (TPSA) is 58.1 Å². The highest BCUT2D eigenvalue weighted by Crippen LogP contribution is 2.25. The molecule has 1 N–H and O–H groups in total. The largest absolute Gasteiger partial charge is 0.354 e. The zero-order chi connectivity index (χ0) is 18.5. The molecule has 0 unspecified atom stereocenters. The SMILES string of the molecule is Cc1cc(C)cc(NC(=O)CSc2cc(N3CCCC[C@@H]3C)ncn2)c1. The van der Waals surface area contributed by atoms with Gasteiger partial charge in [-0.05, 0) is 63.3 Å². The lowest BCUT2D eigenvalue weighted by molar-refractivity contribution is -0.113. The Hall–Kier alpha value is -2.08. The predicted octanol–water partition coefficient (Wildman–Crippen LogP) is 4.20. The molecule has 0 spiro atoms. The van der Waals surface area contributed by atoms with Crippen LogP contribution in [0.25, 0.3) is 0 Å². The van der Waals surface area contributed by atoms with Crippen molar-refractivity contribution in [1.29, 1.82) is 0 Å². The van der Waals surface area contributed by atoms with Crippen molar-refractivity contribution < 1.29 is 4.79 Å². The van der Waals surface area contributed by atoms with Gasteiger partial charge in [-0.25, -0.2) is 9.97 Å². The van der Waals surface area contributed by atoms with E-state index in [0.29, 0.717) is 11.8 Å². The van der Waals surface area contributed by atoms with Gasteiger partial charge in [0.15, 0.2) is 0 Å². The molecule has 0 saturated carbocycles. The molecule has 1 aromatic carbocycles. The Bertz CT molecular complexity index is 760. The van der Waals surface area contributed by atoms with E-state index in [2.05, 4.69) is 33.2 Å². The molecule has 1 aliphatic heterocycles. The predicted molar refractivity (Wildman–Crippen MR) is 108 cm³/mol. The van der Waals surface area contributed by atoms with E-state index in [9.17, 15) is 4.79 Å². The second kappa shape index (κ2) is 8.54. The number of aryl methyl sites for hydroxylation is 2. The van der Waals surface area contributed by atoms with Crippen molar-refractivity contribution in [2.75, 3.05) is 22.5 Å². The van der Waals surface area contributed by atoms with Gasteiger partial charge in [-0.3, -0.25) is 4.79 Å². The molecular weight excluding hydrogens is 344 g/mol. The Labute approximate surface area is 159 Å². The Morgan fingerprint density at radius 3 is 2.69 bits per heavy atom. The normalized spacial score (nSPS) is 17.2. The minimum absolute atomic E-state index is 0.0218. The number of carbonyl (C=O) groups excluding carboxylic acids is 1. The fourth-order valence-corrected chi connectivity index (χ4v) is 4.05. The first-order valence-electron chi connectivity index (χ1n) is 9.11. The van der Waals surface area contributed by atoms with E-state index in [-0.39, 0.29) is 5.91 Å². The summed E-state index contributed by atoms with van der Waals surface area (Å²) in [6.45, 7) is 7.34. The third-order valence-electron chi connectivity index (χ3n) is 4.58. The van der Waals surface area contributed by atoms with Crippen LogP contribution in [0.5, 0.6) is 0 Å². The third kappa shape index (κ3) is 4.97. The summed E-state index contributed by atoms with van der Waals surface area (Å²) in [6.07, 6.45) is 5.28. The highest BCUT2D eigenvalue weighted by Gasteiger charge is 2.20. The van der Waals surface area contributed by atoms with Crippen LogP contribution in [-0.4, -0.2) is 34.2 Å². The van der Waals surface area contributed by atoms with Crippen molar-refractivity contribution in [3.05, 3.63) is 41.7 Å². The van der Waals surface area contributed by atoms with Gasteiger partial charge in [-0.1, -0.05) is 17.8 Å². The standard InChI is InChI=1S/C20H26N4OS/c1-14-8-15(2)10-17(9-14)23-19(25)12-26-20-11-18(21-13-22-20)24-7-5-4-6-16(24)3/h8-11,13,16H,4-7,12H2,1-3H3,(H,23,25)/t16-/m0/s1. The zero-order valence-electron chi connectivity index (χ0n) is 15.7. The Kier molecular flexibility index (Phi) is 6.14. The van der Waals surface area contributed by atoms with Gasteiger partial charge in [0, 0.05) is 24.3 Å². The Morgan fingerprint density at radius 1 is 1.19 bits per heavy atom. The monoisotopic (exact) mass is 370 g/mol. The number of rotatable bonds is 5. The van der Waals surface area contributed by atoms with Crippen LogP contribution in [0.2, 0.25) is 0 Å². The van der Waals surface area contributed by atoms with Gasteiger partial charge >= 0.3 is 0 Å². The van der Waals surface area contributed by atoms with Gasteiger partial charge in [-0.15, -0.1) is 0 Å². The molecule has 138 valence electrons. The number of aromatic nitrogens is 2.